The lowest BCUT2D eigenvalue weighted by Gasteiger charge is -2.19. The van der Waals surface area contributed by atoms with Crippen LogP contribution in [-0.4, -0.2) is 16.8 Å². The molecule has 2 aromatic rings. The van der Waals surface area contributed by atoms with Crippen molar-refractivity contribution in [1.29, 1.82) is 0 Å². The minimum absolute atomic E-state index is 0.133. The third-order valence-corrected chi connectivity index (χ3v) is 4.12. The third kappa shape index (κ3) is 3.17. The molecule has 108 valence electrons. The maximum absolute atomic E-state index is 6.26. The average Bonchev–Trinajstić information content (AvgIpc) is 2.80. The predicted octanol–water partition coefficient (Wildman–Crippen LogP) is 4.02. The lowest BCUT2D eigenvalue weighted by atomic mass is 10.0. The monoisotopic (exact) mass is 311 g/mol. The van der Waals surface area contributed by atoms with Crippen LogP contribution in [0.2, 0.25) is 10.0 Å². The third-order valence-electron chi connectivity index (χ3n) is 3.41. The van der Waals surface area contributed by atoms with Gasteiger partial charge in [0.15, 0.2) is 0 Å². The predicted molar refractivity (Wildman–Crippen MR) is 84.6 cm³/mol. The van der Waals surface area contributed by atoms with E-state index in [1.165, 1.54) is 0 Å². The molecule has 0 aliphatic heterocycles. The number of aromatic nitrogens is 2. The fourth-order valence-corrected chi connectivity index (χ4v) is 2.94. The van der Waals surface area contributed by atoms with Crippen LogP contribution in [0.3, 0.4) is 0 Å². The van der Waals surface area contributed by atoms with E-state index < -0.39 is 0 Å². The lowest BCUT2D eigenvalue weighted by molar-refractivity contribution is 0.513. The number of likely N-dealkylation sites (N-methyl/N-ethyl adjacent to an activating group) is 1. The fraction of sp³-hybridized carbons (Fsp3) is 0.400. The molecule has 0 radical (unpaired) electrons. The molecule has 0 spiro atoms. The molecular formula is C15H19Cl2N3. The number of nitrogens with one attached hydrogen (secondary N) is 1. The van der Waals surface area contributed by atoms with Crippen molar-refractivity contribution in [2.45, 2.75) is 32.9 Å². The van der Waals surface area contributed by atoms with Crippen LogP contribution < -0.4 is 5.32 Å². The first-order chi connectivity index (χ1) is 9.56. The van der Waals surface area contributed by atoms with Crippen LogP contribution in [0.25, 0.3) is 0 Å². The Labute approximate surface area is 129 Å². The Hall–Kier alpha value is -1.03. The van der Waals surface area contributed by atoms with Gasteiger partial charge >= 0.3 is 0 Å². The van der Waals surface area contributed by atoms with Crippen LogP contribution in [0, 0.1) is 6.92 Å². The molecule has 1 aromatic carbocycles. The summed E-state index contributed by atoms with van der Waals surface area (Å²) in [6.07, 6.45) is 0.736. The molecule has 1 unspecified atom stereocenters. The topological polar surface area (TPSA) is 29.9 Å². The number of nitrogens with zero attached hydrogens (tertiary/aromatic N) is 2. The first kappa shape index (κ1) is 15.4. The fourth-order valence-electron chi connectivity index (χ4n) is 2.39. The summed E-state index contributed by atoms with van der Waals surface area (Å²) in [6.45, 7) is 4.94. The summed E-state index contributed by atoms with van der Waals surface area (Å²) in [4.78, 5) is 0. The molecule has 1 heterocycles. The van der Waals surface area contributed by atoms with Gasteiger partial charge in [-0.15, -0.1) is 0 Å². The molecule has 20 heavy (non-hydrogen) atoms. The van der Waals surface area contributed by atoms with Crippen molar-refractivity contribution in [2.75, 3.05) is 7.05 Å². The molecule has 2 rings (SSSR count). The van der Waals surface area contributed by atoms with Gasteiger partial charge in [-0.2, -0.15) is 5.10 Å². The summed E-state index contributed by atoms with van der Waals surface area (Å²) in [5.41, 5.74) is 3.15. The van der Waals surface area contributed by atoms with Crippen LogP contribution in [0.1, 0.15) is 29.9 Å². The molecule has 0 aliphatic carbocycles. The Morgan fingerprint density at radius 1 is 1.30 bits per heavy atom. The maximum Gasteiger partial charge on any atom is 0.0597 e. The second-order valence-corrected chi connectivity index (χ2v) is 5.59. The van der Waals surface area contributed by atoms with Crippen LogP contribution in [0.15, 0.2) is 24.3 Å². The second kappa shape index (κ2) is 6.61. The van der Waals surface area contributed by atoms with Crippen molar-refractivity contribution < 1.29 is 0 Å². The van der Waals surface area contributed by atoms with E-state index in [9.17, 15) is 0 Å². The van der Waals surface area contributed by atoms with E-state index in [-0.39, 0.29) is 6.04 Å². The quantitative estimate of drug-likeness (QED) is 0.903. The average molecular weight is 312 g/mol. The van der Waals surface area contributed by atoms with E-state index in [2.05, 4.69) is 23.4 Å². The van der Waals surface area contributed by atoms with Crippen molar-refractivity contribution in [2.24, 2.45) is 0 Å². The van der Waals surface area contributed by atoms with E-state index in [0.29, 0.717) is 10.0 Å². The van der Waals surface area contributed by atoms with Crippen molar-refractivity contribution in [3.05, 3.63) is 51.3 Å². The number of halogens is 2. The highest BCUT2D eigenvalue weighted by molar-refractivity contribution is 6.36. The highest BCUT2D eigenvalue weighted by Crippen LogP contribution is 2.29. The Morgan fingerprint density at radius 2 is 1.95 bits per heavy atom. The summed E-state index contributed by atoms with van der Waals surface area (Å²) in [5, 5.41) is 9.24. The van der Waals surface area contributed by atoms with E-state index in [0.717, 1.165) is 29.9 Å². The molecule has 1 N–H and O–H groups in total. The smallest absolute Gasteiger partial charge is 0.0597 e. The molecule has 1 aromatic heterocycles. The zero-order valence-corrected chi connectivity index (χ0v) is 13.5. The van der Waals surface area contributed by atoms with Gasteiger partial charge in [0.05, 0.1) is 17.4 Å². The molecular weight excluding hydrogens is 293 g/mol. The molecule has 5 heteroatoms. The van der Waals surface area contributed by atoms with Crippen molar-refractivity contribution in [3.63, 3.8) is 0 Å². The van der Waals surface area contributed by atoms with Gasteiger partial charge in [-0.05, 0) is 51.1 Å². The number of hydrogen-bond acceptors (Lipinski definition) is 2. The highest BCUT2D eigenvalue weighted by Gasteiger charge is 2.18. The molecule has 0 fully saturated rings. The SMILES string of the molecule is CCn1nc(C)cc1C(Cc1c(Cl)cccc1Cl)NC. The van der Waals surface area contributed by atoms with Gasteiger partial charge in [-0.1, -0.05) is 29.3 Å². The van der Waals surface area contributed by atoms with Crippen LogP contribution in [0.5, 0.6) is 0 Å². The van der Waals surface area contributed by atoms with Gasteiger partial charge in [0.25, 0.3) is 0 Å². The number of hydrogen-bond donors (Lipinski definition) is 1. The van der Waals surface area contributed by atoms with Crippen molar-refractivity contribution in [1.82, 2.24) is 15.1 Å². The minimum atomic E-state index is 0.133. The molecule has 3 nitrogen and oxygen atoms in total. The molecule has 1 atom stereocenters. The van der Waals surface area contributed by atoms with Gasteiger partial charge in [-0.25, -0.2) is 0 Å². The Balaban J connectivity index is 2.33. The van der Waals surface area contributed by atoms with Crippen LogP contribution >= 0.6 is 23.2 Å². The Bertz CT molecular complexity index is 573. The lowest BCUT2D eigenvalue weighted by Crippen LogP contribution is -2.22. The Morgan fingerprint density at radius 3 is 2.50 bits per heavy atom. The molecule has 0 saturated heterocycles. The molecule has 0 saturated carbocycles. The second-order valence-electron chi connectivity index (χ2n) is 4.77. The van der Waals surface area contributed by atoms with Gasteiger partial charge in [0.1, 0.15) is 0 Å². The van der Waals surface area contributed by atoms with E-state index in [1.54, 1.807) is 0 Å². The minimum Gasteiger partial charge on any atom is -0.311 e. The van der Waals surface area contributed by atoms with Crippen LogP contribution in [-0.2, 0) is 13.0 Å². The van der Waals surface area contributed by atoms with Gasteiger partial charge in [0.2, 0.25) is 0 Å². The Kier molecular flexibility index (Phi) is 5.08. The zero-order valence-electron chi connectivity index (χ0n) is 12.0. The summed E-state index contributed by atoms with van der Waals surface area (Å²) >= 11 is 12.5. The number of rotatable bonds is 5. The standard InChI is InChI=1S/C15H19Cl2N3/c1-4-20-15(8-10(2)19-20)14(18-3)9-11-12(16)6-5-7-13(11)17/h5-8,14,18H,4,9H2,1-3H3. The van der Waals surface area contributed by atoms with Gasteiger partial charge < -0.3 is 5.32 Å². The number of aryl methyl sites for hydroxylation is 2. The first-order valence-electron chi connectivity index (χ1n) is 6.71. The molecule has 0 aliphatic rings. The summed E-state index contributed by atoms with van der Waals surface area (Å²) in [7, 11) is 1.94. The maximum atomic E-state index is 6.26. The van der Waals surface area contributed by atoms with E-state index in [1.807, 2.05) is 36.9 Å². The largest absolute Gasteiger partial charge is 0.311 e. The zero-order chi connectivity index (χ0) is 14.7. The van der Waals surface area contributed by atoms with Gasteiger partial charge in [0, 0.05) is 16.6 Å². The molecule has 0 bridgehead atoms. The number of benzene rings is 1. The van der Waals surface area contributed by atoms with E-state index in [4.69, 9.17) is 23.2 Å². The van der Waals surface area contributed by atoms with Crippen molar-refractivity contribution >= 4 is 23.2 Å². The summed E-state index contributed by atoms with van der Waals surface area (Å²) < 4.78 is 2.02. The van der Waals surface area contributed by atoms with Crippen LogP contribution in [0.4, 0.5) is 0 Å². The summed E-state index contributed by atoms with van der Waals surface area (Å²) in [5.74, 6) is 0. The van der Waals surface area contributed by atoms with Crippen molar-refractivity contribution in [3.8, 4) is 0 Å². The molecule has 0 amide bonds. The highest BCUT2D eigenvalue weighted by atomic mass is 35.5. The summed E-state index contributed by atoms with van der Waals surface area (Å²) in [6, 6.07) is 7.85. The first-order valence-corrected chi connectivity index (χ1v) is 7.46. The van der Waals surface area contributed by atoms with Gasteiger partial charge in [-0.3, -0.25) is 4.68 Å². The van der Waals surface area contributed by atoms with E-state index >= 15 is 0 Å². The normalized spacial score (nSPS) is 12.7.